The van der Waals surface area contributed by atoms with Crippen LogP contribution in [0.1, 0.15) is 37.7 Å². The molecule has 1 saturated heterocycles. The maximum atomic E-state index is 13.2. The van der Waals surface area contributed by atoms with Crippen LogP contribution in [0.25, 0.3) is 0 Å². The highest BCUT2D eigenvalue weighted by Crippen LogP contribution is 2.40. The summed E-state index contributed by atoms with van der Waals surface area (Å²) in [5, 5.41) is 12.3. The zero-order chi connectivity index (χ0) is 16.3. The molecule has 1 heterocycles. The van der Waals surface area contributed by atoms with E-state index in [1.807, 2.05) is 12.1 Å². The fourth-order valence-corrected chi connectivity index (χ4v) is 3.95. The molecule has 1 unspecified atom stereocenters. The van der Waals surface area contributed by atoms with Gasteiger partial charge in [0.15, 0.2) is 0 Å². The molecule has 1 aliphatic heterocycles. The van der Waals surface area contributed by atoms with Crippen LogP contribution in [0.3, 0.4) is 0 Å². The number of nitrogens with one attached hydrogen (secondary N) is 1. The Bertz CT molecular complexity index is 540. The Kier molecular flexibility index (Phi) is 4.85. The predicted molar refractivity (Wildman–Crippen MR) is 86.7 cm³/mol. The summed E-state index contributed by atoms with van der Waals surface area (Å²) in [6.07, 6.45) is 5.20. The summed E-state index contributed by atoms with van der Waals surface area (Å²) in [5.41, 5.74) is 1.05. The van der Waals surface area contributed by atoms with Crippen molar-refractivity contribution in [3.63, 3.8) is 0 Å². The van der Waals surface area contributed by atoms with Crippen LogP contribution in [0.4, 0.5) is 9.18 Å². The van der Waals surface area contributed by atoms with E-state index in [1.54, 1.807) is 4.90 Å². The lowest BCUT2D eigenvalue weighted by Crippen LogP contribution is -2.45. The summed E-state index contributed by atoms with van der Waals surface area (Å²) in [6.45, 7) is 2.08. The Morgan fingerprint density at radius 2 is 2.00 bits per heavy atom. The molecule has 0 radical (unpaired) electrons. The van der Waals surface area contributed by atoms with Crippen molar-refractivity contribution >= 4 is 6.03 Å². The highest BCUT2D eigenvalue weighted by molar-refractivity contribution is 5.74. The first-order valence-electron chi connectivity index (χ1n) is 8.53. The van der Waals surface area contributed by atoms with E-state index in [0.717, 1.165) is 37.7 Å². The van der Waals surface area contributed by atoms with Gasteiger partial charge in [0.2, 0.25) is 0 Å². The van der Waals surface area contributed by atoms with Gasteiger partial charge in [-0.25, -0.2) is 9.18 Å². The predicted octanol–water partition coefficient (Wildman–Crippen LogP) is 2.66. The van der Waals surface area contributed by atoms with E-state index < -0.39 is 0 Å². The minimum atomic E-state index is -0.224. The van der Waals surface area contributed by atoms with Crippen LogP contribution in [-0.2, 0) is 5.41 Å². The van der Waals surface area contributed by atoms with Crippen molar-refractivity contribution in [1.82, 2.24) is 10.2 Å². The molecule has 2 fully saturated rings. The standard InChI is InChI=1S/C18H25FN2O2/c19-16-5-3-15(4-6-16)18(8-1-2-9-18)13-20-17(23)21-10-7-14(11-21)12-22/h3-6,14,22H,1-2,7-13H2,(H,20,23). The summed E-state index contributed by atoms with van der Waals surface area (Å²) < 4.78 is 13.2. The first kappa shape index (κ1) is 16.2. The third kappa shape index (κ3) is 3.50. The fourth-order valence-electron chi connectivity index (χ4n) is 3.95. The van der Waals surface area contributed by atoms with Crippen molar-refractivity contribution in [2.45, 2.75) is 37.5 Å². The number of nitrogens with zero attached hydrogens (tertiary/aromatic N) is 1. The number of likely N-dealkylation sites (tertiary alicyclic amines) is 1. The zero-order valence-corrected chi connectivity index (χ0v) is 13.4. The third-order valence-corrected chi connectivity index (χ3v) is 5.43. The Morgan fingerprint density at radius 1 is 1.30 bits per heavy atom. The van der Waals surface area contributed by atoms with Gasteiger partial charge in [-0.2, -0.15) is 0 Å². The van der Waals surface area contributed by atoms with Crippen LogP contribution < -0.4 is 5.32 Å². The van der Waals surface area contributed by atoms with Crippen LogP contribution in [-0.4, -0.2) is 42.3 Å². The molecular formula is C18H25FN2O2. The molecule has 1 saturated carbocycles. The summed E-state index contributed by atoms with van der Waals surface area (Å²) in [4.78, 5) is 14.2. The van der Waals surface area contributed by atoms with Gasteiger partial charge < -0.3 is 15.3 Å². The van der Waals surface area contributed by atoms with Crippen molar-refractivity contribution in [3.8, 4) is 0 Å². The molecule has 23 heavy (non-hydrogen) atoms. The van der Waals surface area contributed by atoms with Crippen molar-refractivity contribution in [2.24, 2.45) is 5.92 Å². The number of benzene rings is 1. The van der Waals surface area contributed by atoms with Crippen molar-refractivity contribution in [2.75, 3.05) is 26.2 Å². The highest BCUT2D eigenvalue weighted by Gasteiger charge is 2.36. The highest BCUT2D eigenvalue weighted by atomic mass is 19.1. The molecule has 2 amide bonds. The van der Waals surface area contributed by atoms with Gasteiger partial charge in [-0.1, -0.05) is 25.0 Å². The number of carbonyl (C=O) groups excluding carboxylic acids is 1. The van der Waals surface area contributed by atoms with Crippen LogP contribution in [0.5, 0.6) is 0 Å². The molecule has 5 heteroatoms. The lowest BCUT2D eigenvalue weighted by atomic mass is 9.79. The molecule has 1 aromatic carbocycles. The number of amides is 2. The second-order valence-corrected chi connectivity index (χ2v) is 6.94. The number of hydrogen-bond acceptors (Lipinski definition) is 2. The molecule has 1 aliphatic carbocycles. The summed E-state index contributed by atoms with van der Waals surface area (Å²) in [7, 11) is 0. The number of halogens is 1. The first-order chi connectivity index (χ1) is 11.1. The van der Waals surface area contributed by atoms with E-state index in [0.29, 0.717) is 19.6 Å². The Labute approximate surface area is 136 Å². The molecule has 0 aromatic heterocycles. The van der Waals surface area contributed by atoms with Gasteiger partial charge in [0.25, 0.3) is 0 Å². The Hall–Kier alpha value is -1.62. The SMILES string of the molecule is O=C(NCC1(c2ccc(F)cc2)CCCC1)N1CCC(CO)C1. The number of carbonyl (C=O) groups is 1. The van der Waals surface area contributed by atoms with Crippen molar-refractivity contribution in [3.05, 3.63) is 35.6 Å². The molecule has 0 bridgehead atoms. The molecule has 126 valence electrons. The molecule has 0 spiro atoms. The largest absolute Gasteiger partial charge is 0.396 e. The van der Waals surface area contributed by atoms with Gasteiger partial charge in [0.05, 0.1) is 0 Å². The monoisotopic (exact) mass is 320 g/mol. The lowest BCUT2D eigenvalue weighted by Gasteiger charge is -2.31. The van der Waals surface area contributed by atoms with E-state index in [4.69, 9.17) is 0 Å². The molecule has 4 nitrogen and oxygen atoms in total. The van der Waals surface area contributed by atoms with E-state index in [1.165, 1.54) is 12.1 Å². The van der Waals surface area contributed by atoms with E-state index >= 15 is 0 Å². The summed E-state index contributed by atoms with van der Waals surface area (Å²) in [5.74, 6) is -0.0173. The topological polar surface area (TPSA) is 52.6 Å². The van der Waals surface area contributed by atoms with Crippen molar-refractivity contribution < 1.29 is 14.3 Å². The third-order valence-electron chi connectivity index (χ3n) is 5.43. The minimum Gasteiger partial charge on any atom is -0.396 e. The van der Waals surface area contributed by atoms with E-state index in [2.05, 4.69) is 5.32 Å². The quantitative estimate of drug-likeness (QED) is 0.896. The van der Waals surface area contributed by atoms with Gasteiger partial charge in [-0.15, -0.1) is 0 Å². The fraction of sp³-hybridized carbons (Fsp3) is 0.611. The lowest BCUT2D eigenvalue weighted by molar-refractivity contribution is 0.195. The molecule has 1 aromatic rings. The molecule has 1 atom stereocenters. The Morgan fingerprint density at radius 3 is 2.61 bits per heavy atom. The number of aliphatic hydroxyl groups excluding tert-OH is 1. The second kappa shape index (κ2) is 6.87. The van der Waals surface area contributed by atoms with Gasteiger partial charge in [0.1, 0.15) is 5.82 Å². The van der Waals surface area contributed by atoms with Gasteiger partial charge in [0, 0.05) is 37.6 Å². The number of rotatable bonds is 4. The van der Waals surface area contributed by atoms with Crippen LogP contribution in [0.2, 0.25) is 0 Å². The summed E-state index contributed by atoms with van der Waals surface area (Å²) in [6, 6.07) is 6.66. The smallest absolute Gasteiger partial charge is 0.317 e. The first-order valence-corrected chi connectivity index (χ1v) is 8.53. The molecular weight excluding hydrogens is 295 g/mol. The molecule has 2 N–H and O–H groups in total. The summed E-state index contributed by atoms with van der Waals surface area (Å²) >= 11 is 0. The van der Waals surface area contributed by atoms with Crippen LogP contribution in [0, 0.1) is 11.7 Å². The zero-order valence-electron chi connectivity index (χ0n) is 13.4. The normalized spacial score (nSPS) is 23.2. The molecule has 2 aliphatic rings. The number of hydrogen-bond donors (Lipinski definition) is 2. The van der Waals surface area contributed by atoms with Gasteiger partial charge >= 0.3 is 6.03 Å². The number of urea groups is 1. The average Bonchev–Trinajstić information content (AvgIpc) is 3.23. The maximum absolute atomic E-state index is 13.2. The van der Waals surface area contributed by atoms with E-state index in [9.17, 15) is 14.3 Å². The van der Waals surface area contributed by atoms with E-state index in [-0.39, 0.29) is 29.8 Å². The van der Waals surface area contributed by atoms with Gasteiger partial charge in [-0.3, -0.25) is 0 Å². The van der Waals surface area contributed by atoms with Gasteiger partial charge in [-0.05, 0) is 37.0 Å². The molecule has 3 rings (SSSR count). The Balaban J connectivity index is 1.64. The number of aliphatic hydroxyl groups is 1. The van der Waals surface area contributed by atoms with Crippen molar-refractivity contribution in [1.29, 1.82) is 0 Å². The maximum Gasteiger partial charge on any atom is 0.317 e. The average molecular weight is 320 g/mol. The second-order valence-electron chi connectivity index (χ2n) is 6.94. The van der Waals surface area contributed by atoms with Crippen LogP contribution >= 0.6 is 0 Å². The minimum absolute atomic E-state index is 0.0469. The van der Waals surface area contributed by atoms with Crippen LogP contribution in [0.15, 0.2) is 24.3 Å².